The third kappa shape index (κ3) is 10.9. The van der Waals surface area contributed by atoms with Gasteiger partial charge in [-0.25, -0.2) is 4.79 Å². The number of aryl methyl sites for hydroxylation is 2. The van der Waals surface area contributed by atoms with E-state index in [-0.39, 0.29) is 23.8 Å². The van der Waals surface area contributed by atoms with E-state index in [1.165, 1.54) is 0 Å². The Balaban J connectivity index is 2.68. The van der Waals surface area contributed by atoms with Crippen LogP contribution in [-0.2, 0) is 14.3 Å². The van der Waals surface area contributed by atoms with Crippen molar-refractivity contribution >= 4 is 23.6 Å². The molecule has 2 aromatic rings. The Morgan fingerprint density at radius 2 is 1.49 bits per heavy atom. The van der Waals surface area contributed by atoms with Gasteiger partial charge in [-0.05, 0) is 96.0 Å². The van der Waals surface area contributed by atoms with E-state index in [0.29, 0.717) is 35.8 Å². The zero-order valence-corrected chi connectivity index (χ0v) is 28.0. The molecule has 0 saturated heterocycles. The molecule has 0 saturated carbocycles. The lowest BCUT2D eigenvalue weighted by Gasteiger charge is -2.40. The number of carbonyl (C=O) groups excluding carboxylic acids is 3. The molecule has 4 atom stereocenters. The number of amides is 3. The highest BCUT2D eigenvalue weighted by molar-refractivity contribution is 5.99. The molecule has 3 amide bonds. The first-order valence-electron chi connectivity index (χ1n) is 15.4. The number of hydrogen-bond donors (Lipinski definition) is 2. The Morgan fingerprint density at radius 1 is 0.907 bits per heavy atom. The van der Waals surface area contributed by atoms with Gasteiger partial charge in [0, 0.05) is 11.7 Å². The number of alkyl carbamates (subject to hydrolysis) is 1. The van der Waals surface area contributed by atoms with Gasteiger partial charge in [-0.15, -0.1) is 0 Å². The Bertz CT molecular complexity index is 1200. The van der Waals surface area contributed by atoms with Crippen molar-refractivity contribution in [3.05, 3.63) is 59.2 Å². The fourth-order valence-corrected chi connectivity index (χ4v) is 5.08. The number of ether oxygens (including phenoxy) is 2. The lowest BCUT2D eigenvalue weighted by atomic mass is 9.92. The number of nitrogens with one attached hydrogen (secondary N) is 2. The summed E-state index contributed by atoms with van der Waals surface area (Å²) in [5, 5.41) is 5.90. The SMILES string of the molecule is CCC(C)C(NC(=O)OC(C)(C)C)C(=O)N(C(C)CCC(C)C)C(C(=O)Nc1ccc(OC)cc1)c1cc(C)cc(C)c1. The minimum absolute atomic E-state index is 0.204. The summed E-state index contributed by atoms with van der Waals surface area (Å²) in [7, 11) is 1.59. The van der Waals surface area contributed by atoms with Crippen LogP contribution in [0.15, 0.2) is 42.5 Å². The molecule has 4 unspecified atom stereocenters. The summed E-state index contributed by atoms with van der Waals surface area (Å²) in [5.41, 5.74) is 2.56. The van der Waals surface area contributed by atoms with Gasteiger partial charge in [0.2, 0.25) is 5.91 Å². The van der Waals surface area contributed by atoms with E-state index < -0.39 is 23.8 Å². The minimum Gasteiger partial charge on any atom is -0.497 e. The first-order valence-corrected chi connectivity index (χ1v) is 15.4. The lowest BCUT2D eigenvalue weighted by Crippen LogP contribution is -2.57. The number of hydrogen-bond acceptors (Lipinski definition) is 5. The van der Waals surface area contributed by atoms with Gasteiger partial charge in [0.25, 0.3) is 5.91 Å². The van der Waals surface area contributed by atoms with Crippen LogP contribution < -0.4 is 15.4 Å². The summed E-state index contributed by atoms with van der Waals surface area (Å²) in [4.78, 5) is 43.7. The van der Waals surface area contributed by atoms with Gasteiger partial charge in [0.1, 0.15) is 23.4 Å². The number of methoxy groups -OCH3 is 1. The lowest BCUT2D eigenvalue weighted by molar-refractivity contribution is -0.144. The zero-order valence-electron chi connectivity index (χ0n) is 28.0. The fraction of sp³-hybridized carbons (Fsp3) is 0.571. The Hall–Kier alpha value is -3.55. The van der Waals surface area contributed by atoms with Crippen LogP contribution in [0.25, 0.3) is 0 Å². The summed E-state index contributed by atoms with van der Waals surface area (Å²) >= 11 is 0. The van der Waals surface area contributed by atoms with Crippen LogP contribution in [0.4, 0.5) is 10.5 Å². The predicted molar refractivity (Wildman–Crippen MR) is 173 cm³/mol. The first-order chi connectivity index (χ1) is 20.1. The summed E-state index contributed by atoms with van der Waals surface area (Å²) in [5.74, 6) is 0.236. The smallest absolute Gasteiger partial charge is 0.408 e. The highest BCUT2D eigenvalue weighted by Crippen LogP contribution is 2.31. The first kappa shape index (κ1) is 35.6. The molecule has 0 spiro atoms. The van der Waals surface area contributed by atoms with Gasteiger partial charge < -0.3 is 25.0 Å². The van der Waals surface area contributed by atoms with Crippen molar-refractivity contribution in [1.29, 1.82) is 0 Å². The maximum atomic E-state index is 14.7. The molecule has 0 aromatic heterocycles. The molecule has 0 radical (unpaired) electrons. The Labute approximate surface area is 258 Å². The molecule has 0 heterocycles. The van der Waals surface area contributed by atoms with E-state index in [2.05, 4.69) is 24.5 Å². The van der Waals surface area contributed by atoms with Gasteiger partial charge in [-0.1, -0.05) is 63.4 Å². The van der Waals surface area contributed by atoms with Crippen molar-refractivity contribution in [3.8, 4) is 5.75 Å². The summed E-state index contributed by atoms with van der Waals surface area (Å²) in [6.45, 7) is 19.5. The average molecular weight is 596 g/mol. The second-order valence-corrected chi connectivity index (χ2v) is 13.1. The van der Waals surface area contributed by atoms with Crippen LogP contribution in [0.2, 0.25) is 0 Å². The van der Waals surface area contributed by atoms with Gasteiger partial charge in [-0.3, -0.25) is 9.59 Å². The normalized spacial score (nSPS) is 14.3. The van der Waals surface area contributed by atoms with E-state index >= 15 is 0 Å². The zero-order chi connectivity index (χ0) is 32.5. The van der Waals surface area contributed by atoms with Gasteiger partial charge >= 0.3 is 6.09 Å². The van der Waals surface area contributed by atoms with Crippen molar-refractivity contribution in [3.63, 3.8) is 0 Å². The summed E-state index contributed by atoms with van der Waals surface area (Å²) < 4.78 is 10.8. The number of anilines is 1. The quantitative estimate of drug-likeness (QED) is 0.249. The molecule has 0 aliphatic rings. The van der Waals surface area contributed by atoms with Gasteiger partial charge in [0.05, 0.1) is 7.11 Å². The second kappa shape index (κ2) is 15.8. The van der Waals surface area contributed by atoms with E-state index in [1.807, 2.05) is 52.8 Å². The summed E-state index contributed by atoms with van der Waals surface area (Å²) in [6.07, 6.45) is 1.55. The molecule has 8 nitrogen and oxygen atoms in total. The standard InChI is InChI=1S/C35H53N3O5/c1-12-25(6)30(37-34(41)43-35(8,9)10)33(40)38(26(7)14-13-22(2)3)31(27-20-23(4)19-24(5)21-27)32(39)36-28-15-17-29(42-11)18-16-28/h15-22,25-26,30-31H,12-14H2,1-11H3,(H,36,39)(H,37,41). The van der Waals surface area contributed by atoms with Crippen molar-refractivity contribution in [2.75, 3.05) is 12.4 Å². The van der Waals surface area contributed by atoms with Crippen LogP contribution in [0.3, 0.4) is 0 Å². The van der Waals surface area contributed by atoms with E-state index in [0.717, 1.165) is 17.5 Å². The average Bonchev–Trinajstić information content (AvgIpc) is 2.91. The van der Waals surface area contributed by atoms with Crippen molar-refractivity contribution in [2.45, 2.75) is 112 Å². The molecule has 8 heteroatoms. The molecule has 0 fully saturated rings. The Morgan fingerprint density at radius 3 is 1.98 bits per heavy atom. The maximum Gasteiger partial charge on any atom is 0.408 e. The highest BCUT2D eigenvalue weighted by atomic mass is 16.6. The van der Waals surface area contributed by atoms with Crippen molar-refractivity contribution < 1.29 is 23.9 Å². The topological polar surface area (TPSA) is 97.0 Å². The third-order valence-electron chi connectivity index (χ3n) is 7.49. The number of rotatable bonds is 13. The molecule has 2 rings (SSSR count). The second-order valence-electron chi connectivity index (χ2n) is 13.1. The van der Waals surface area contributed by atoms with Crippen LogP contribution in [0.1, 0.15) is 97.4 Å². The molecule has 0 bridgehead atoms. The van der Waals surface area contributed by atoms with Gasteiger partial charge in [-0.2, -0.15) is 0 Å². The van der Waals surface area contributed by atoms with Crippen LogP contribution >= 0.6 is 0 Å². The van der Waals surface area contributed by atoms with E-state index in [4.69, 9.17) is 9.47 Å². The maximum absolute atomic E-state index is 14.7. The number of benzene rings is 2. The third-order valence-corrected chi connectivity index (χ3v) is 7.49. The molecule has 2 aromatic carbocycles. The summed E-state index contributed by atoms with van der Waals surface area (Å²) in [6, 6.07) is 10.9. The molecule has 0 aliphatic heterocycles. The molecule has 43 heavy (non-hydrogen) atoms. The van der Waals surface area contributed by atoms with Crippen LogP contribution in [0, 0.1) is 25.7 Å². The van der Waals surface area contributed by atoms with Crippen molar-refractivity contribution in [1.82, 2.24) is 10.2 Å². The number of carbonyl (C=O) groups is 3. The van der Waals surface area contributed by atoms with Crippen LogP contribution in [0.5, 0.6) is 5.75 Å². The minimum atomic E-state index is -0.942. The van der Waals surface area contributed by atoms with Gasteiger partial charge in [0.15, 0.2) is 0 Å². The molecule has 2 N–H and O–H groups in total. The monoisotopic (exact) mass is 595 g/mol. The molecular formula is C35H53N3O5. The molecule has 0 aliphatic carbocycles. The van der Waals surface area contributed by atoms with E-state index in [9.17, 15) is 14.4 Å². The van der Waals surface area contributed by atoms with E-state index in [1.54, 1.807) is 57.0 Å². The fourth-order valence-electron chi connectivity index (χ4n) is 5.08. The molecule has 238 valence electrons. The largest absolute Gasteiger partial charge is 0.497 e. The van der Waals surface area contributed by atoms with Crippen molar-refractivity contribution in [2.24, 2.45) is 11.8 Å². The molecular weight excluding hydrogens is 542 g/mol. The highest BCUT2D eigenvalue weighted by Gasteiger charge is 2.40. The van der Waals surface area contributed by atoms with Crippen LogP contribution in [-0.4, -0.2) is 47.6 Å². The number of nitrogens with zero attached hydrogens (tertiary/aromatic N) is 1. The Kier molecular flexibility index (Phi) is 13.1. The predicted octanol–water partition coefficient (Wildman–Crippen LogP) is 7.58.